The fourth-order valence-corrected chi connectivity index (χ4v) is 3.12. The molecule has 3 rings (SSSR count). The maximum atomic E-state index is 12.7. The molecule has 0 radical (unpaired) electrons. The van der Waals surface area contributed by atoms with Crippen LogP contribution in [0.25, 0.3) is 0 Å². The Morgan fingerprint density at radius 1 is 1.30 bits per heavy atom. The molecular weight excluding hydrogens is 288 g/mol. The molecule has 1 N–H and O–H groups in total. The normalized spacial score (nSPS) is 18.2. The van der Waals surface area contributed by atoms with Crippen molar-refractivity contribution in [2.45, 2.75) is 25.8 Å². The number of carbonyl (C=O) groups is 1. The predicted molar refractivity (Wildman–Crippen MR) is 90.1 cm³/mol. The Morgan fingerprint density at radius 2 is 2.09 bits per heavy atom. The summed E-state index contributed by atoms with van der Waals surface area (Å²) in [4.78, 5) is 14.7. The predicted octanol–water partition coefficient (Wildman–Crippen LogP) is 1.70. The fraction of sp³-hybridized carbons (Fsp3) is 0.444. The van der Waals surface area contributed by atoms with Crippen molar-refractivity contribution in [2.75, 3.05) is 19.6 Å². The first-order valence-corrected chi connectivity index (χ1v) is 8.24. The highest BCUT2D eigenvalue weighted by molar-refractivity contribution is 5.79. The van der Waals surface area contributed by atoms with E-state index in [0.717, 1.165) is 31.6 Å². The van der Waals surface area contributed by atoms with E-state index in [0.29, 0.717) is 6.42 Å². The van der Waals surface area contributed by atoms with Gasteiger partial charge in [-0.15, -0.1) is 0 Å². The maximum absolute atomic E-state index is 12.7. The molecule has 0 spiro atoms. The molecule has 1 unspecified atom stereocenters. The molecule has 0 bridgehead atoms. The van der Waals surface area contributed by atoms with Crippen molar-refractivity contribution in [3.8, 4) is 0 Å². The Balaban J connectivity index is 1.75. The molecule has 0 saturated carbocycles. The second-order valence-electron chi connectivity index (χ2n) is 6.10. The van der Waals surface area contributed by atoms with Crippen LogP contribution < -0.4 is 5.32 Å². The van der Waals surface area contributed by atoms with Crippen LogP contribution in [0, 0.1) is 0 Å². The number of rotatable bonds is 4. The van der Waals surface area contributed by atoms with Crippen LogP contribution in [0.5, 0.6) is 0 Å². The van der Waals surface area contributed by atoms with Crippen molar-refractivity contribution >= 4 is 5.91 Å². The average molecular weight is 312 g/mol. The van der Waals surface area contributed by atoms with Crippen LogP contribution in [0.3, 0.4) is 0 Å². The summed E-state index contributed by atoms with van der Waals surface area (Å²) < 4.78 is 1.74. The standard InChI is InChI=1S/C18H24N4O/c1-3-14-4-6-16(7-5-14)17-12-19-8-9-22(17)18(23)10-15-11-20-21(2)13-15/h4-7,11,13,17,19H,3,8-10,12H2,1-2H3. The van der Waals surface area contributed by atoms with Crippen LogP contribution in [0.4, 0.5) is 0 Å². The highest BCUT2D eigenvalue weighted by Gasteiger charge is 2.27. The first-order chi connectivity index (χ1) is 11.2. The minimum Gasteiger partial charge on any atom is -0.333 e. The van der Waals surface area contributed by atoms with Crippen LogP contribution >= 0.6 is 0 Å². The van der Waals surface area contributed by atoms with Gasteiger partial charge in [0.05, 0.1) is 18.7 Å². The van der Waals surface area contributed by atoms with E-state index in [1.807, 2.05) is 18.1 Å². The van der Waals surface area contributed by atoms with Gasteiger partial charge in [0.1, 0.15) is 0 Å². The van der Waals surface area contributed by atoms with Gasteiger partial charge in [0.25, 0.3) is 0 Å². The molecule has 1 atom stereocenters. The number of amides is 1. The van der Waals surface area contributed by atoms with Crippen molar-refractivity contribution < 1.29 is 4.79 Å². The third kappa shape index (κ3) is 3.62. The summed E-state index contributed by atoms with van der Waals surface area (Å²) in [6.07, 6.45) is 5.13. The molecule has 122 valence electrons. The maximum Gasteiger partial charge on any atom is 0.227 e. The number of benzene rings is 1. The van der Waals surface area contributed by atoms with E-state index in [4.69, 9.17) is 0 Å². The third-order valence-corrected chi connectivity index (χ3v) is 4.45. The number of hydrogen-bond acceptors (Lipinski definition) is 3. The second-order valence-corrected chi connectivity index (χ2v) is 6.10. The van der Waals surface area contributed by atoms with Crippen LogP contribution in [0.2, 0.25) is 0 Å². The number of piperazine rings is 1. The number of aryl methyl sites for hydroxylation is 2. The lowest BCUT2D eigenvalue weighted by molar-refractivity contribution is -0.133. The highest BCUT2D eigenvalue weighted by atomic mass is 16.2. The van der Waals surface area contributed by atoms with Crippen molar-refractivity contribution in [3.05, 3.63) is 53.3 Å². The van der Waals surface area contributed by atoms with E-state index in [-0.39, 0.29) is 11.9 Å². The number of aromatic nitrogens is 2. The van der Waals surface area contributed by atoms with Crippen molar-refractivity contribution in [2.24, 2.45) is 7.05 Å². The molecular formula is C18H24N4O. The van der Waals surface area contributed by atoms with Crippen LogP contribution in [0.15, 0.2) is 36.7 Å². The minimum atomic E-state index is 0.110. The molecule has 1 amide bonds. The van der Waals surface area contributed by atoms with Gasteiger partial charge in [-0.05, 0) is 23.1 Å². The SMILES string of the molecule is CCc1ccc(C2CNCCN2C(=O)Cc2cnn(C)c2)cc1. The Morgan fingerprint density at radius 3 is 2.74 bits per heavy atom. The number of carbonyl (C=O) groups excluding carboxylic acids is 1. The second kappa shape index (κ2) is 6.96. The topological polar surface area (TPSA) is 50.2 Å². The molecule has 1 fully saturated rings. The number of nitrogens with zero attached hydrogens (tertiary/aromatic N) is 3. The van der Waals surface area contributed by atoms with Gasteiger partial charge in [-0.1, -0.05) is 31.2 Å². The van der Waals surface area contributed by atoms with E-state index in [1.54, 1.807) is 10.9 Å². The Labute approximate surface area is 137 Å². The average Bonchev–Trinajstić information content (AvgIpc) is 3.00. The zero-order valence-electron chi connectivity index (χ0n) is 13.8. The van der Waals surface area contributed by atoms with Gasteiger partial charge in [-0.2, -0.15) is 5.10 Å². The number of nitrogens with one attached hydrogen (secondary N) is 1. The molecule has 1 saturated heterocycles. The summed E-state index contributed by atoms with van der Waals surface area (Å²) in [5.74, 6) is 0.170. The summed E-state index contributed by atoms with van der Waals surface area (Å²) in [6.45, 7) is 4.56. The zero-order valence-corrected chi connectivity index (χ0v) is 13.8. The molecule has 23 heavy (non-hydrogen) atoms. The summed E-state index contributed by atoms with van der Waals surface area (Å²) in [5, 5.41) is 7.55. The van der Waals surface area contributed by atoms with E-state index >= 15 is 0 Å². The first-order valence-electron chi connectivity index (χ1n) is 8.24. The van der Waals surface area contributed by atoms with E-state index < -0.39 is 0 Å². The smallest absolute Gasteiger partial charge is 0.227 e. The first kappa shape index (κ1) is 15.7. The van der Waals surface area contributed by atoms with E-state index in [2.05, 4.69) is 41.6 Å². The van der Waals surface area contributed by atoms with Crippen LogP contribution in [0.1, 0.15) is 29.7 Å². The molecule has 0 aliphatic carbocycles. The third-order valence-electron chi connectivity index (χ3n) is 4.45. The minimum absolute atomic E-state index is 0.110. The molecule has 1 aliphatic heterocycles. The molecule has 2 aromatic rings. The molecule has 1 aliphatic rings. The quantitative estimate of drug-likeness (QED) is 0.935. The Bertz CT molecular complexity index is 662. The molecule has 1 aromatic carbocycles. The summed E-state index contributed by atoms with van der Waals surface area (Å²) in [6, 6.07) is 8.74. The van der Waals surface area contributed by atoms with Gasteiger partial charge < -0.3 is 10.2 Å². The van der Waals surface area contributed by atoms with Crippen molar-refractivity contribution in [1.29, 1.82) is 0 Å². The van der Waals surface area contributed by atoms with Crippen molar-refractivity contribution in [1.82, 2.24) is 20.0 Å². The lowest BCUT2D eigenvalue weighted by Crippen LogP contribution is -2.49. The molecule has 5 nitrogen and oxygen atoms in total. The monoisotopic (exact) mass is 312 g/mol. The van der Waals surface area contributed by atoms with Gasteiger partial charge in [-0.3, -0.25) is 9.48 Å². The molecule has 1 aromatic heterocycles. The molecule has 2 heterocycles. The van der Waals surface area contributed by atoms with Crippen LogP contribution in [-0.4, -0.2) is 40.2 Å². The lowest BCUT2D eigenvalue weighted by Gasteiger charge is -2.36. The van der Waals surface area contributed by atoms with Gasteiger partial charge in [0, 0.05) is 32.9 Å². The van der Waals surface area contributed by atoms with E-state index in [1.165, 1.54) is 11.1 Å². The molecule has 5 heteroatoms. The van der Waals surface area contributed by atoms with Crippen LogP contribution in [-0.2, 0) is 24.7 Å². The fourth-order valence-electron chi connectivity index (χ4n) is 3.12. The highest BCUT2D eigenvalue weighted by Crippen LogP contribution is 2.23. The largest absolute Gasteiger partial charge is 0.333 e. The van der Waals surface area contributed by atoms with Gasteiger partial charge in [0.2, 0.25) is 5.91 Å². The van der Waals surface area contributed by atoms with Crippen molar-refractivity contribution in [3.63, 3.8) is 0 Å². The Kier molecular flexibility index (Phi) is 4.76. The summed E-state index contributed by atoms with van der Waals surface area (Å²) >= 11 is 0. The van der Waals surface area contributed by atoms with Gasteiger partial charge >= 0.3 is 0 Å². The zero-order chi connectivity index (χ0) is 16.2. The summed E-state index contributed by atoms with van der Waals surface area (Å²) in [5.41, 5.74) is 3.50. The lowest BCUT2D eigenvalue weighted by atomic mass is 10.00. The number of hydrogen-bond donors (Lipinski definition) is 1. The van der Waals surface area contributed by atoms with E-state index in [9.17, 15) is 4.79 Å². The van der Waals surface area contributed by atoms with Gasteiger partial charge in [-0.25, -0.2) is 0 Å². The summed E-state index contributed by atoms with van der Waals surface area (Å²) in [7, 11) is 1.87. The van der Waals surface area contributed by atoms with Gasteiger partial charge in [0.15, 0.2) is 0 Å². The Hall–Kier alpha value is -2.14.